The summed E-state index contributed by atoms with van der Waals surface area (Å²) < 4.78 is 15.5. The van der Waals surface area contributed by atoms with Crippen LogP contribution in [0.1, 0.15) is 84.0 Å². The van der Waals surface area contributed by atoms with E-state index in [1.807, 2.05) is 0 Å². The third-order valence-corrected chi connectivity index (χ3v) is 6.07. The molecule has 1 heterocycles. The van der Waals surface area contributed by atoms with Crippen LogP contribution in [0.2, 0.25) is 0 Å². The summed E-state index contributed by atoms with van der Waals surface area (Å²) in [7, 11) is 0. The predicted octanol–water partition coefficient (Wildman–Crippen LogP) is 2.52. The second-order valence-corrected chi connectivity index (χ2v) is 9.35. The molecule has 6 atom stereocenters. The van der Waals surface area contributed by atoms with E-state index in [2.05, 4.69) is 31.2 Å². The minimum absolute atomic E-state index is 0.267. The van der Waals surface area contributed by atoms with Crippen LogP contribution in [0.3, 0.4) is 0 Å². The molecule has 0 bridgehead atoms. The highest BCUT2D eigenvalue weighted by Crippen LogP contribution is 2.22. The Labute approximate surface area is 215 Å². The summed E-state index contributed by atoms with van der Waals surface area (Å²) in [5.74, 6) is -0.396. The van der Waals surface area contributed by atoms with Gasteiger partial charge in [0.2, 0.25) is 0 Å². The molecule has 1 saturated heterocycles. The molecule has 5 N–H and O–H groups in total. The van der Waals surface area contributed by atoms with Crippen LogP contribution in [-0.2, 0) is 19.0 Å². The SMILES string of the molecule is CCCCC/C=C\C/C=C\CCCCCCCC(=O)OC[C@@H](O)CO[C@@H]1O[C@@H](CO)[C@@H](O)[C@@H](O)[C@H]1O. The number of carbonyl (C=O) groups is 1. The Morgan fingerprint density at radius 3 is 2.17 bits per heavy atom. The van der Waals surface area contributed by atoms with E-state index < -0.39 is 49.4 Å². The Hall–Kier alpha value is -1.33. The van der Waals surface area contributed by atoms with E-state index in [0.717, 1.165) is 44.9 Å². The summed E-state index contributed by atoms with van der Waals surface area (Å²) in [4.78, 5) is 11.9. The number of aliphatic hydroxyl groups excluding tert-OH is 5. The minimum Gasteiger partial charge on any atom is -0.463 e. The maximum absolute atomic E-state index is 11.9. The summed E-state index contributed by atoms with van der Waals surface area (Å²) in [5.41, 5.74) is 0. The Balaban J connectivity index is 2.00. The average molecular weight is 517 g/mol. The van der Waals surface area contributed by atoms with Gasteiger partial charge in [0, 0.05) is 6.42 Å². The number of aliphatic hydroxyl groups is 5. The molecule has 0 aromatic heterocycles. The lowest BCUT2D eigenvalue weighted by atomic mass is 9.99. The average Bonchev–Trinajstić information content (AvgIpc) is 2.88. The van der Waals surface area contributed by atoms with Gasteiger partial charge in [0.15, 0.2) is 6.29 Å². The van der Waals surface area contributed by atoms with Crippen molar-refractivity contribution in [2.75, 3.05) is 19.8 Å². The molecule has 1 aliphatic heterocycles. The van der Waals surface area contributed by atoms with Crippen LogP contribution in [-0.4, -0.2) is 88.1 Å². The molecule has 210 valence electrons. The molecular weight excluding hydrogens is 468 g/mol. The van der Waals surface area contributed by atoms with Gasteiger partial charge in [-0.25, -0.2) is 0 Å². The molecule has 0 amide bonds. The summed E-state index contributed by atoms with van der Waals surface area (Å²) >= 11 is 0. The summed E-state index contributed by atoms with van der Waals surface area (Å²) in [5, 5.41) is 48.5. The summed E-state index contributed by atoms with van der Waals surface area (Å²) in [6, 6.07) is 0. The van der Waals surface area contributed by atoms with Crippen molar-refractivity contribution in [1.29, 1.82) is 0 Å². The van der Waals surface area contributed by atoms with Crippen LogP contribution < -0.4 is 0 Å². The van der Waals surface area contributed by atoms with Gasteiger partial charge in [-0.15, -0.1) is 0 Å². The van der Waals surface area contributed by atoms with Crippen molar-refractivity contribution >= 4 is 5.97 Å². The van der Waals surface area contributed by atoms with E-state index in [1.165, 1.54) is 25.7 Å². The second-order valence-electron chi connectivity index (χ2n) is 9.35. The molecule has 0 spiro atoms. The smallest absolute Gasteiger partial charge is 0.305 e. The summed E-state index contributed by atoms with van der Waals surface area (Å²) in [6.45, 7) is 1.06. The van der Waals surface area contributed by atoms with Gasteiger partial charge in [0.1, 0.15) is 37.1 Å². The third-order valence-electron chi connectivity index (χ3n) is 6.07. The van der Waals surface area contributed by atoms with Crippen molar-refractivity contribution in [2.24, 2.45) is 0 Å². The maximum atomic E-state index is 11.9. The topological polar surface area (TPSA) is 146 Å². The fourth-order valence-corrected chi connectivity index (χ4v) is 3.80. The second kappa shape index (κ2) is 20.7. The van der Waals surface area contributed by atoms with Crippen LogP contribution in [0.5, 0.6) is 0 Å². The highest BCUT2D eigenvalue weighted by Gasteiger charge is 2.44. The fraction of sp³-hybridized carbons (Fsp3) is 0.815. The number of esters is 1. The van der Waals surface area contributed by atoms with Crippen molar-refractivity contribution < 1.29 is 44.5 Å². The zero-order chi connectivity index (χ0) is 26.6. The number of allylic oxidation sites excluding steroid dienone is 4. The molecule has 9 nitrogen and oxygen atoms in total. The number of unbranched alkanes of at least 4 members (excludes halogenated alkanes) is 8. The lowest BCUT2D eigenvalue weighted by molar-refractivity contribution is -0.305. The molecule has 0 radical (unpaired) electrons. The first-order valence-electron chi connectivity index (χ1n) is 13.5. The van der Waals surface area contributed by atoms with E-state index in [-0.39, 0.29) is 19.6 Å². The molecule has 9 heteroatoms. The highest BCUT2D eigenvalue weighted by molar-refractivity contribution is 5.69. The normalized spacial score (nSPS) is 25.6. The van der Waals surface area contributed by atoms with E-state index in [4.69, 9.17) is 19.3 Å². The number of hydrogen-bond donors (Lipinski definition) is 5. The first-order valence-corrected chi connectivity index (χ1v) is 13.5. The monoisotopic (exact) mass is 516 g/mol. The minimum atomic E-state index is -1.56. The molecule has 0 aliphatic carbocycles. The number of hydrogen-bond acceptors (Lipinski definition) is 9. The fourth-order valence-electron chi connectivity index (χ4n) is 3.80. The lowest BCUT2D eigenvalue weighted by Gasteiger charge is -2.39. The zero-order valence-corrected chi connectivity index (χ0v) is 21.7. The first-order chi connectivity index (χ1) is 17.4. The molecule has 0 aromatic rings. The van der Waals surface area contributed by atoms with Gasteiger partial charge < -0.3 is 39.7 Å². The van der Waals surface area contributed by atoms with Gasteiger partial charge in [0.05, 0.1) is 13.2 Å². The number of carbonyl (C=O) groups excluding carboxylic acids is 1. The molecule has 0 unspecified atom stereocenters. The van der Waals surface area contributed by atoms with E-state index in [0.29, 0.717) is 0 Å². The van der Waals surface area contributed by atoms with E-state index in [9.17, 15) is 25.2 Å². The molecule has 0 saturated carbocycles. The number of rotatable bonds is 20. The molecule has 1 rings (SSSR count). The van der Waals surface area contributed by atoms with Gasteiger partial charge in [-0.2, -0.15) is 0 Å². The van der Waals surface area contributed by atoms with E-state index >= 15 is 0 Å². The first kappa shape index (κ1) is 32.7. The molecular formula is C27H48O9. The molecule has 1 aliphatic rings. The van der Waals surface area contributed by atoms with Crippen molar-refractivity contribution in [3.8, 4) is 0 Å². The van der Waals surface area contributed by atoms with Gasteiger partial charge in [0.25, 0.3) is 0 Å². The van der Waals surface area contributed by atoms with Crippen molar-refractivity contribution in [3.05, 3.63) is 24.3 Å². The van der Waals surface area contributed by atoms with Gasteiger partial charge in [-0.05, 0) is 38.5 Å². The van der Waals surface area contributed by atoms with Crippen LogP contribution in [0, 0.1) is 0 Å². The summed E-state index contributed by atoms with van der Waals surface area (Å²) in [6.07, 6.45) is 13.2. The Morgan fingerprint density at radius 1 is 0.861 bits per heavy atom. The number of ether oxygens (including phenoxy) is 3. The Bertz CT molecular complexity index is 608. The maximum Gasteiger partial charge on any atom is 0.305 e. The van der Waals surface area contributed by atoms with Gasteiger partial charge in [-0.3, -0.25) is 4.79 Å². The van der Waals surface area contributed by atoms with Crippen LogP contribution in [0.4, 0.5) is 0 Å². The zero-order valence-electron chi connectivity index (χ0n) is 21.7. The van der Waals surface area contributed by atoms with Gasteiger partial charge >= 0.3 is 5.97 Å². The molecule has 1 fully saturated rings. The standard InChI is InChI=1S/C27H48O9/c1-2-3-4-5-6-7-8-9-10-11-12-13-14-15-16-17-23(30)34-19-21(29)20-35-27-26(33)25(32)24(31)22(18-28)36-27/h6-7,9-10,21-22,24-29,31-33H,2-5,8,11-20H2,1H3/b7-6-,10-9-/t21-,22+,24-,25-,26-,27-/m1/s1. The Kier molecular flexibility index (Phi) is 18.8. The predicted molar refractivity (Wildman–Crippen MR) is 136 cm³/mol. The van der Waals surface area contributed by atoms with Crippen LogP contribution in [0.15, 0.2) is 24.3 Å². The molecule has 36 heavy (non-hydrogen) atoms. The van der Waals surface area contributed by atoms with Crippen LogP contribution >= 0.6 is 0 Å². The highest BCUT2D eigenvalue weighted by atomic mass is 16.7. The van der Waals surface area contributed by atoms with Crippen LogP contribution in [0.25, 0.3) is 0 Å². The third kappa shape index (κ3) is 14.4. The van der Waals surface area contributed by atoms with Crippen molar-refractivity contribution in [3.63, 3.8) is 0 Å². The largest absolute Gasteiger partial charge is 0.463 e. The van der Waals surface area contributed by atoms with Gasteiger partial charge in [-0.1, -0.05) is 63.3 Å². The lowest BCUT2D eigenvalue weighted by Crippen LogP contribution is -2.59. The van der Waals surface area contributed by atoms with E-state index in [1.54, 1.807) is 0 Å². The Morgan fingerprint density at radius 2 is 1.50 bits per heavy atom. The van der Waals surface area contributed by atoms with Crippen molar-refractivity contribution in [1.82, 2.24) is 0 Å². The molecule has 0 aromatic carbocycles. The quantitative estimate of drug-likeness (QED) is 0.0936. The van der Waals surface area contributed by atoms with Crippen molar-refractivity contribution in [2.45, 2.75) is 121 Å².